The number of anilines is 2. The van der Waals surface area contributed by atoms with E-state index >= 15 is 0 Å². The molecule has 6 nitrogen and oxygen atoms in total. The average molecular weight is 388 g/mol. The zero-order valence-corrected chi connectivity index (χ0v) is 16.8. The molecule has 0 saturated carbocycles. The number of benzene rings is 2. The van der Waals surface area contributed by atoms with Crippen LogP contribution >= 0.6 is 0 Å². The van der Waals surface area contributed by atoms with E-state index in [2.05, 4.69) is 4.72 Å². The number of nitrogens with one attached hydrogen (secondary N) is 1. The maximum atomic E-state index is 12.5. The van der Waals surface area contributed by atoms with Gasteiger partial charge < -0.3 is 9.64 Å². The average Bonchev–Trinajstić information content (AvgIpc) is 2.65. The zero-order valence-electron chi connectivity index (χ0n) is 15.9. The third-order valence-corrected chi connectivity index (χ3v) is 5.77. The van der Waals surface area contributed by atoms with Crippen LogP contribution in [0.5, 0.6) is 5.75 Å². The SMILES string of the molecule is Cc1cccc(CS(=O)(=O)Nc2ccc3c(c2)OCC(C)(C)C(=O)N3C)c1. The molecule has 0 fully saturated rings. The predicted molar refractivity (Wildman–Crippen MR) is 107 cm³/mol. The summed E-state index contributed by atoms with van der Waals surface area (Å²) in [5.41, 5.74) is 2.10. The highest BCUT2D eigenvalue weighted by molar-refractivity contribution is 7.91. The molecule has 1 heterocycles. The Balaban J connectivity index is 1.83. The van der Waals surface area contributed by atoms with Gasteiger partial charge in [-0.15, -0.1) is 0 Å². The molecule has 1 aliphatic heterocycles. The Labute approximate surface area is 160 Å². The molecule has 27 heavy (non-hydrogen) atoms. The minimum absolute atomic E-state index is 0.0472. The summed E-state index contributed by atoms with van der Waals surface area (Å²) in [6.07, 6.45) is 0. The Kier molecular flexibility index (Phi) is 4.90. The summed E-state index contributed by atoms with van der Waals surface area (Å²) in [4.78, 5) is 14.1. The molecule has 1 N–H and O–H groups in total. The van der Waals surface area contributed by atoms with Gasteiger partial charge in [0.15, 0.2) is 0 Å². The lowest BCUT2D eigenvalue weighted by atomic mass is 9.93. The molecule has 0 unspecified atom stereocenters. The van der Waals surface area contributed by atoms with Gasteiger partial charge in [-0.3, -0.25) is 9.52 Å². The predicted octanol–water partition coefficient (Wildman–Crippen LogP) is 3.32. The number of carbonyl (C=O) groups is 1. The molecule has 0 saturated heterocycles. The fraction of sp³-hybridized carbons (Fsp3) is 0.350. The first-order valence-electron chi connectivity index (χ1n) is 8.68. The molecule has 2 aromatic rings. The fourth-order valence-electron chi connectivity index (χ4n) is 3.09. The number of sulfonamides is 1. The second kappa shape index (κ2) is 6.88. The molecule has 3 rings (SSSR count). The van der Waals surface area contributed by atoms with Crippen molar-refractivity contribution >= 4 is 27.3 Å². The maximum Gasteiger partial charge on any atom is 0.236 e. The summed E-state index contributed by atoms with van der Waals surface area (Å²) in [5, 5.41) is 0. The summed E-state index contributed by atoms with van der Waals surface area (Å²) < 4.78 is 33.4. The van der Waals surface area contributed by atoms with E-state index in [1.807, 2.05) is 39.0 Å². The first kappa shape index (κ1) is 19.2. The van der Waals surface area contributed by atoms with E-state index in [4.69, 9.17) is 4.74 Å². The number of fused-ring (bicyclic) bond motifs is 1. The van der Waals surface area contributed by atoms with Crippen molar-refractivity contribution in [3.8, 4) is 5.75 Å². The number of hydrogen-bond donors (Lipinski definition) is 1. The van der Waals surface area contributed by atoms with Crippen LogP contribution in [0.2, 0.25) is 0 Å². The molecule has 7 heteroatoms. The first-order chi connectivity index (χ1) is 12.6. The van der Waals surface area contributed by atoms with E-state index in [1.165, 1.54) is 0 Å². The smallest absolute Gasteiger partial charge is 0.236 e. The monoisotopic (exact) mass is 388 g/mol. The zero-order chi connectivity index (χ0) is 19.8. The van der Waals surface area contributed by atoms with Gasteiger partial charge in [-0.05, 0) is 38.5 Å². The van der Waals surface area contributed by atoms with E-state index in [0.29, 0.717) is 17.1 Å². The van der Waals surface area contributed by atoms with Gasteiger partial charge in [-0.2, -0.15) is 0 Å². The lowest BCUT2D eigenvalue weighted by Gasteiger charge is -2.24. The lowest BCUT2D eigenvalue weighted by Crippen LogP contribution is -2.39. The molecule has 1 amide bonds. The number of carbonyl (C=O) groups excluding carboxylic acids is 1. The summed E-state index contributed by atoms with van der Waals surface area (Å²) in [6, 6.07) is 12.3. The highest BCUT2D eigenvalue weighted by Crippen LogP contribution is 2.37. The third kappa shape index (κ3) is 4.24. The van der Waals surface area contributed by atoms with Gasteiger partial charge >= 0.3 is 0 Å². The van der Waals surface area contributed by atoms with Gasteiger partial charge in [0.25, 0.3) is 0 Å². The van der Waals surface area contributed by atoms with Crippen molar-refractivity contribution in [2.75, 3.05) is 23.3 Å². The molecule has 2 aromatic carbocycles. The molecular weight excluding hydrogens is 364 g/mol. The number of aryl methyl sites for hydroxylation is 1. The summed E-state index contributed by atoms with van der Waals surface area (Å²) in [5.74, 6) is 0.319. The minimum Gasteiger partial charge on any atom is -0.490 e. The molecule has 0 aromatic heterocycles. The topological polar surface area (TPSA) is 75.7 Å². The van der Waals surface area contributed by atoms with Crippen LogP contribution in [0.1, 0.15) is 25.0 Å². The molecule has 144 valence electrons. The van der Waals surface area contributed by atoms with Gasteiger partial charge in [-0.1, -0.05) is 29.8 Å². The van der Waals surface area contributed by atoms with E-state index in [1.54, 1.807) is 36.2 Å². The Hall–Kier alpha value is -2.54. The Morgan fingerprint density at radius 2 is 1.93 bits per heavy atom. The molecule has 0 atom stereocenters. The summed E-state index contributed by atoms with van der Waals surface area (Å²) in [6.45, 7) is 5.79. The second-order valence-corrected chi connectivity index (χ2v) is 9.29. The fourth-order valence-corrected chi connectivity index (χ4v) is 4.27. The van der Waals surface area contributed by atoms with Crippen LogP contribution < -0.4 is 14.4 Å². The first-order valence-corrected chi connectivity index (χ1v) is 10.3. The third-order valence-electron chi connectivity index (χ3n) is 4.51. The van der Waals surface area contributed by atoms with Crippen LogP contribution in [-0.2, 0) is 20.6 Å². The van der Waals surface area contributed by atoms with Crippen molar-refractivity contribution in [1.29, 1.82) is 0 Å². The van der Waals surface area contributed by atoms with Crippen LogP contribution in [0.25, 0.3) is 0 Å². The van der Waals surface area contributed by atoms with Crippen LogP contribution in [0.3, 0.4) is 0 Å². The van der Waals surface area contributed by atoms with Crippen LogP contribution in [0.15, 0.2) is 42.5 Å². The minimum atomic E-state index is -3.57. The number of hydrogen-bond acceptors (Lipinski definition) is 4. The van der Waals surface area contributed by atoms with Crippen molar-refractivity contribution in [2.45, 2.75) is 26.5 Å². The van der Waals surface area contributed by atoms with Crippen LogP contribution in [-0.4, -0.2) is 28.0 Å². The highest BCUT2D eigenvalue weighted by atomic mass is 32.2. The number of ether oxygens (including phenoxy) is 1. The largest absolute Gasteiger partial charge is 0.490 e. The normalized spacial score (nSPS) is 16.3. The molecule has 0 bridgehead atoms. The van der Waals surface area contributed by atoms with Crippen LogP contribution in [0, 0.1) is 12.3 Å². The van der Waals surface area contributed by atoms with Gasteiger partial charge in [0, 0.05) is 13.1 Å². The van der Waals surface area contributed by atoms with Crippen molar-refractivity contribution in [3.05, 3.63) is 53.6 Å². The number of rotatable bonds is 4. The number of amides is 1. The van der Waals surface area contributed by atoms with Crippen LogP contribution in [0.4, 0.5) is 11.4 Å². The Bertz CT molecular complexity index is 983. The Morgan fingerprint density at radius 1 is 1.19 bits per heavy atom. The van der Waals surface area contributed by atoms with Gasteiger partial charge in [-0.25, -0.2) is 8.42 Å². The van der Waals surface area contributed by atoms with Crippen molar-refractivity contribution in [3.63, 3.8) is 0 Å². The lowest BCUT2D eigenvalue weighted by molar-refractivity contribution is -0.127. The second-order valence-electron chi connectivity index (χ2n) is 7.57. The quantitative estimate of drug-likeness (QED) is 0.872. The summed E-state index contributed by atoms with van der Waals surface area (Å²) >= 11 is 0. The molecule has 0 radical (unpaired) electrons. The van der Waals surface area contributed by atoms with Gasteiger partial charge in [0.1, 0.15) is 12.4 Å². The molecule has 0 spiro atoms. The Morgan fingerprint density at radius 3 is 2.63 bits per heavy atom. The highest BCUT2D eigenvalue weighted by Gasteiger charge is 2.36. The van der Waals surface area contributed by atoms with Crippen molar-refractivity contribution in [1.82, 2.24) is 0 Å². The standard InChI is InChI=1S/C20H24N2O4S/c1-14-6-5-7-15(10-14)12-27(24,25)21-16-8-9-17-18(11-16)26-13-20(2,3)19(23)22(17)4/h5-11,21H,12-13H2,1-4H3. The molecular formula is C20H24N2O4S. The van der Waals surface area contributed by atoms with Gasteiger partial charge in [0.05, 0.1) is 22.5 Å². The van der Waals surface area contributed by atoms with Gasteiger partial charge in [0.2, 0.25) is 15.9 Å². The van der Waals surface area contributed by atoms with Crippen molar-refractivity contribution < 1.29 is 17.9 Å². The maximum absolute atomic E-state index is 12.5. The van der Waals surface area contributed by atoms with E-state index in [9.17, 15) is 13.2 Å². The van der Waals surface area contributed by atoms with E-state index < -0.39 is 15.4 Å². The molecule has 1 aliphatic rings. The molecule has 0 aliphatic carbocycles. The number of nitrogens with zero attached hydrogens (tertiary/aromatic N) is 1. The van der Waals surface area contributed by atoms with E-state index in [-0.39, 0.29) is 18.3 Å². The van der Waals surface area contributed by atoms with Crippen molar-refractivity contribution in [2.24, 2.45) is 5.41 Å². The summed E-state index contributed by atoms with van der Waals surface area (Å²) in [7, 11) is -1.88. The van der Waals surface area contributed by atoms with E-state index in [0.717, 1.165) is 11.1 Å².